The zero-order valence-electron chi connectivity index (χ0n) is 10.8. The van der Waals surface area contributed by atoms with Crippen molar-refractivity contribution in [3.63, 3.8) is 0 Å². The second kappa shape index (κ2) is 5.32. The summed E-state index contributed by atoms with van der Waals surface area (Å²) >= 11 is 0. The Balaban J connectivity index is 2.14. The number of amides is 1. The monoisotopic (exact) mass is 282 g/mol. The molecule has 2 atom stereocenters. The second-order valence-corrected chi connectivity index (χ2v) is 4.98. The summed E-state index contributed by atoms with van der Waals surface area (Å²) in [7, 11) is 0. The van der Waals surface area contributed by atoms with E-state index in [0.717, 1.165) is 6.07 Å². The van der Waals surface area contributed by atoms with Gasteiger partial charge in [-0.2, -0.15) is 0 Å². The van der Waals surface area contributed by atoms with Gasteiger partial charge in [-0.25, -0.2) is 0 Å². The molecule has 1 aliphatic heterocycles. The summed E-state index contributed by atoms with van der Waals surface area (Å²) < 4.78 is 4.85. The van der Waals surface area contributed by atoms with Crippen LogP contribution >= 0.6 is 0 Å². The molecule has 0 bridgehead atoms. The molecule has 1 aliphatic rings. The van der Waals surface area contributed by atoms with Crippen LogP contribution in [-0.2, 0) is 4.79 Å². The molecule has 1 saturated heterocycles. The van der Waals surface area contributed by atoms with Crippen molar-refractivity contribution in [2.45, 2.75) is 13.3 Å². The second-order valence-electron chi connectivity index (χ2n) is 4.98. The molecular formula is C12H14N2O6. The molecule has 1 aromatic heterocycles. The molecule has 0 aromatic carbocycles. The van der Waals surface area contributed by atoms with Crippen molar-refractivity contribution in [2.75, 3.05) is 13.1 Å². The summed E-state index contributed by atoms with van der Waals surface area (Å²) in [6, 6.07) is 2.34. The zero-order chi connectivity index (χ0) is 14.9. The van der Waals surface area contributed by atoms with Gasteiger partial charge in [0.25, 0.3) is 5.91 Å². The van der Waals surface area contributed by atoms with Gasteiger partial charge < -0.3 is 14.4 Å². The Kier molecular flexibility index (Phi) is 3.73. The maximum atomic E-state index is 12.2. The van der Waals surface area contributed by atoms with Crippen LogP contribution in [0.1, 0.15) is 23.9 Å². The maximum absolute atomic E-state index is 12.2. The first kappa shape index (κ1) is 14.0. The Bertz CT molecular complexity index is 552. The smallest absolute Gasteiger partial charge is 0.433 e. The zero-order valence-corrected chi connectivity index (χ0v) is 10.8. The van der Waals surface area contributed by atoms with Gasteiger partial charge in [0.1, 0.15) is 4.92 Å². The van der Waals surface area contributed by atoms with Crippen LogP contribution in [0.2, 0.25) is 0 Å². The number of piperidine rings is 1. The summed E-state index contributed by atoms with van der Waals surface area (Å²) in [5, 5.41) is 19.6. The van der Waals surface area contributed by atoms with E-state index in [-0.39, 0.29) is 18.2 Å². The summed E-state index contributed by atoms with van der Waals surface area (Å²) in [5.41, 5.74) is 0. The van der Waals surface area contributed by atoms with Crippen LogP contribution in [-0.4, -0.2) is 39.9 Å². The van der Waals surface area contributed by atoms with Crippen molar-refractivity contribution in [1.82, 2.24) is 4.90 Å². The number of hydrogen-bond acceptors (Lipinski definition) is 5. The van der Waals surface area contributed by atoms with E-state index >= 15 is 0 Å². The number of carboxylic acids is 1. The molecule has 0 aliphatic carbocycles. The van der Waals surface area contributed by atoms with Gasteiger partial charge >= 0.3 is 11.9 Å². The number of carbonyl (C=O) groups excluding carboxylic acids is 1. The van der Waals surface area contributed by atoms with E-state index in [9.17, 15) is 19.7 Å². The van der Waals surface area contributed by atoms with E-state index in [0.29, 0.717) is 13.0 Å². The number of nitrogens with zero attached hydrogens (tertiary/aromatic N) is 2. The highest BCUT2D eigenvalue weighted by molar-refractivity contribution is 5.92. The van der Waals surface area contributed by atoms with Crippen LogP contribution in [0.25, 0.3) is 0 Å². The largest absolute Gasteiger partial charge is 0.481 e. The number of carbonyl (C=O) groups is 2. The lowest BCUT2D eigenvalue weighted by Gasteiger charge is -2.34. The highest BCUT2D eigenvalue weighted by Gasteiger charge is 2.33. The predicted molar refractivity (Wildman–Crippen MR) is 66.2 cm³/mol. The maximum Gasteiger partial charge on any atom is 0.433 e. The lowest BCUT2D eigenvalue weighted by Crippen LogP contribution is -2.45. The van der Waals surface area contributed by atoms with Gasteiger partial charge in [0.15, 0.2) is 5.76 Å². The molecule has 1 fully saturated rings. The molecule has 0 saturated carbocycles. The van der Waals surface area contributed by atoms with Crippen LogP contribution in [0.3, 0.4) is 0 Å². The minimum Gasteiger partial charge on any atom is -0.481 e. The van der Waals surface area contributed by atoms with Gasteiger partial charge in [-0.3, -0.25) is 19.7 Å². The Morgan fingerprint density at radius 3 is 2.70 bits per heavy atom. The molecule has 1 aromatic rings. The fourth-order valence-electron chi connectivity index (χ4n) is 2.39. The third-order valence-corrected chi connectivity index (χ3v) is 3.28. The molecule has 2 unspecified atom stereocenters. The number of furan rings is 1. The number of nitro groups is 1. The van der Waals surface area contributed by atoms with Crippen molar-refractivity contribution in [1.29, 1.82) is 0 Å². The Labute approximate surface area is 114 Å². The molecule has 8 nitrogen and oxygen atoms in total. The van der Waals surface area contributed by atoms with Crippen LogP contribution in [0.4, 0.5) is 5.88 Å². The molecule has 2 rings (SSSR count). The average Bonchev–Trinajstić information content (AvgIpc) is 2.86. The third-order valence-electron chi connectivity index (χ3n) is 3.28. The summed E-state index contributed by atoms with van der Waals surface area (Å²) in [6.45, 7) is 2.37. The van der Waals surface area contributed by atoms with E-state index in [2.05, 4.69) is 0 Å². The Morgan fingerprint density at radius 1 is 1.45 bits per heavy atom. The number of carboxylic acid groups (broad SMARTS) is 1. The fourth-order valence-corrected chi connectivity index (χ4v) is 2.39. The first-order chi connectivity index (χ1) is 9.38. The minimum absolute atomic E-state index is 0.0544. The van der Waals surface area contributed by atoms with Crippen molar-refractivity contribution >= 4 is 17.8 Å². The number of likely N-dealkylation sites (tertiary alicyclic amines) is 1. The topological polar surface area (TPSA) is 114 Å². The molecule has 108 valence electrons. The molecule has 2 heterocycles. The summed E-state index contributed by atoms with van der Waals surface area (Å²) in [6.07, 6.45) is 0.511. The van der Waals surface area contributed by atoms with Gasteiger partial charge in [-0.15, -0.1) is 0 Å². The molecule has 1 N–H and O–H groups in total. The number of aliphatic carboxylic acids is 1. The predicted octanol–water partition coefficient (Wildman–Crippen LogP) is 1.37. The van der Waals surface area contributed by atoms with Crippen molar-refractivity contribution in [3.05, 3.63) is 28.0 Å². The molecule has 0 radical (unpaired) electrons. The molecule has 1 amide bonds. The molecule has 8 heteroatoms. The lowest BCUT2D eigenvalue weighted by atomic mass is 9.90. The number of rotatable bonds is 3. The Morgan fingerprint density at radius 2 is 2.15 bits per heavy atom. The van der Waals surface area contributed by atoms with Crippen LogP contribution in [0, 0.1) is 22.0 Å². The average molecular weight is 282 g/mol. The van der Waals surface area contributed by atoms with Crippen LogP contribution < -0.4 is 0 Å². The van der Waals surface area contributed by atoms with Crippen molar-refractivity contribution in [3.8, 4) is 0 Å². The quantitative estimate of drug-likeness (QED) is 0.661. The van der Waals surface area contributed by atoms with E-state index in [1.165, 1.54) is 11.0 Å². The van der Waals surface area contributed by atoms with Gasteiger partial charge in [0.2, 0.25) is 0 Å². The van der Waals surface area contributed by atoms with E-state index in [1.807, 2.05) is 6.92 Å². The number of hydrogen-bond donors (Lipinski definition) is 1. The van der Waals surface area contributed by atoms with Gasteiger partial charge in [0, 0.05) is 13.1 Å². The first-order valence-corrected chi connectivity index (χ1v) is 6.14. The van der Waals surface area contributed by atoms with Gasteiger partial charge in [-0.05, 0) is 18.4 Å². The van der Waals surface area contributed by atoms with Gasteiger partial charge in [0.05, 0.1) is 12.0 Å². The fraction of sp³-hybridized carbons (Fsp3) is 0.500. The minimum atomic E-state index is -0.945. The highest BCUT2D eigenvalue weighted by atomic mass is 16.6. The van der Waals surface area contributed by atoms with Crippen LogP contribution in [0.15, 0.2) is 16.5 Å². The standard InChI is InChI=1S/C12H14N2O6/c1-7-4-8(12(16)17)6-13(5-7)11(15)9-2-3-10(20-9)14(18)19/h2-3,7-8H,4-6H2,1H3,(H,16,17). The molecule has 0 spiro atoms. The highest BCUT2D eigenvalue weighted by Crippen LogP contribution is 2.24. The summed E-state index contributed by atoms with van der Waals surface area (Å²) in [5.74, 6) is -2.68. The SMILES string of the molecule is CC1CC(C(=O)O)CN(C(=O)c2ccc([N+](=O)[O-])o2)C1. The summed E-state index contributed by atoms with van der Waals surface area (Å²) in [4.78, 5) is 34.4. The van der Waals surface area contributed by atoms with Gasteiger partial charge in [-0.1, -0.05) is 6.92 Å². The normalized spacial score (nSPS) is 22.6. The lowest BCUT2D eigenvalue weighted by molar-refractivity contribution is -0.402. The van der Waals surface area contributed by atoms with E-state index in [1.54, 1.807) is 0 Å². The van der Waals surface area contributed by atoms with Crippen molar-refractivity contribution in [2.24, 2.45) is 11.8 Å². The molecular weight excluding hydrogens is 268 g/mol. The van der Waals surface area contributed by atoms with E-state index < -0.39 is 28.6 Å². The third kappa shape index (κ3) is 2.79. The van der Waals surface area contributed by atoms with E-state index in [4.69, 9.17) is 9.52 Å². The van der Waals surface area contributed by atoms with Crippen LogP contribution in [0.5, 0.6) is 0 Å². The molecule has 20 heavy (non-hydrogen) atoms. The first-order valence-electron chi connectivity index (χ1n) is 6.14. The van der Waals surface area contributed by atoms with Crippen molar-refractivity contribution < 1.29 is 24.0 Å². The Hall–Kier alpha value is -2.38.